The fraction of sp³-hybridized carbons (Fsp3) is 0.0769. The highest BCUT2D eigenvalue weighted by molar-refractivity contribution is 7.99. The summed E-state index contributed by atoms with van der Waals surface area (Å²) in [6.07, 6.45) is 0. The molecule has 0 aromatic heterocycles. The van der Waals surface area contributed by atoms with E-state index in [1.165, 1.54) is 23.9 Å². The summed E-state index contributed by atoms with van der Waals surface area (Å²) in [7, 11) is 1.57. The maximum atomic E-state index is 13.0. The molecule has 0 fully saturated rings. The molecule has 0 atom stereocenters. The standard InChI is InChI=1S/C13H12FNOS/c1-16-13-8-11(5-6-12(13)15)17-10-4-2-3-9(14)7-10/h2-8H,15H2,1H3. The van der Waals surface area contributed by atoms with Crippen LogP contribution in [0.15, 0.2) is 52.3 Å². The maximum absolute atomic E-state index is 13.0. The lowest BCUT2D eigenvalue weighted by Crippen LogP contribution is -1.91. The van der Waals surface area contributed by atoms with Crippen LogP contribution in [0.2, 0.25) is 0 Å². The molecular weight excluding hydrogens is 237 g/mol. The Hall–Kier alpha value is -1.68. The smallest absolute Gasteiger partial charge is 0.142 e. The first-order chi connectivity index (χ1) is 8.19. The average Bonchev–Trinajstić information content (AvgIpc) is 2.32. The lowest BCUT2D eigenvalue weighted by Gasteiger charge is -2.07. The van der Waals surface area contributed by atoms with Gasteiger partial charge in [0, 0.05) is 9.79 Å². The molecule has 0 saturated carbocycles. The van der Waals surface area contributed by atoms with Gasteiger partial charge in [0.05, 0.1) is 12.8 Å². The Bertz CT molecular complexity index is 531. The van der Waals surface area contributed by atoms with Gasteiger partial charge in [0.1, 0.15) is 11.6 Å². The van der Waals surface area contributed by atoms with Crippen LogP contribution in [0.3, 0.4) is 0 Å². The predicted octanol–water partition coefficient (Wildman–Crippen LogP) is 3.57. The summed E-state index contributed by atoms with van der Waals surface area (Å²) >= 11 is 1.46. The fourth-order valence-corrected chi connectivity index (χ4v) is 2.31. The van der Waals surface area contributed by atoms with Gasteiger partial charge in [-0.3, -0.25) is 0 Å². The molecule has 2 rings (SSSR count). The minimum atomic E-state index is -0.239. The molecule has 0 radical (unpaired) electrons. The fourth-order valence-electron chi connectivity index (χ4n) is 1.42. The molecule has 88 valence electrons. The van der Waals surface area contributed by atoms with Crippen LogP contribution in [0, 0.1) is 5.82 Å². The summed E-state index contributed by atoms with van der Waals surface area (Å²) in [6.45, 7) is 0. The number of hydrogen-bond acceptors (Lipinski definition) is 3. The summed E-state index contributed by atoms with van der Waals surface area (Å²) in [5.74, 6) is 0.392. The largest absolute Gasteiger partial charge is 0.495 e. The van der Waals surface area contributed by atoms with Gasteiger partial charge in [0.2, 0.25) is 0 Å². The van der Waals surface area contributed by atoms with Gasteiger partial charge in [-0.15, -0.1) is 0 Å². The highest BCUT2D eigenvalue weighted by Crippen LogP contribution is 2.32. The lowest BCUT2D eigenvalue weighted by atomic mass is 10.3. The molecule has 0 spiro atoms. The van der Waals surface area contributed by atoms with E-state index in [0.717, 1.165) is 9.79 Å². The monoisotopic (exact) mass is 249 g/mol. The summed E-state index contributed by atoms with van der Waals surface area (Å²) in [4.78, 5) is 1.80. The van der Waals surface area contributed by atoms with Crippen molar-refractivity contribution in [2.24, 2.45) is 0 Å². The number of rotatable bonds is 3. The van der Waals surface area contributed by atoms with Crippen molar-refractivity contribution in [1.29, 1.82) is 0 Å². The molecule has 2 aromatic carbocycles. The van der Waals surface area contributed by atoms with Crippen molar-refractivity contribution in [3.63, 3.8) is 0 Å². The Morgan fingerprint density at radius 2 is 1.88 bits per heavy atom. The van der Waals surface area contributed by atoms with Gasteiger partial charge in [-0.25, -0.2) is 4.39 Å². The first kappa shape index (κ1) is 11.8. The third kappa shape index (κ3) is 2.91. The van der Waals surface area contributed by atoms with Crippen molar-refractivity contribution in [2.75, 3.05) is 12.8 Å². The van der Waals surface area contributed by atoms with Crippen molar-refractivity contribution in [3.05, 3.63) is 48.3 Å². The van der Waals surface area contributed by atoms with Gasteiger partial charge in [0.25, 0.3) is 0 Å². The van der Waals surface area contributed by atoms with E-state index in [9.17, 15) is 4.39 Å². The molecule has 0 saturated heterocycles. The number of hydrogen-bond donors (Lipinski definition) is 1. The Balaban J connectivity index is 2.24. The molecule has 0 unspecified atom stereocenters. The Labute approximate surface area is 104 Å². The predicted molar refractivity (Wildman–Crippen MR) is 67.9 cm³/mol. The maximum Gasteiger partial charge on any atom is 0.142 e. The molecule has 2 nitrogen and oxygen atoms in total. The van der Waals surface area contributed by atoms with E-state index in [1.807, 2.05) is 18.2 Å². The first-order valence-corrected chi connectivity index (χ1v) is 5.87. The van der Waals surface area contributed by atoms with E-state index >= 15 is 0 Å². The van der Waals surface area contributed by atoms with E-state index in [4.69, 9.17) is 10.5 Å². The number of benzene rings is 2. The summed E-state index contributed by atoms with van der Waals surface area (Å²) in [6, 6.07) is 12.0. The third-order valence-electron chi connectivity index (χ3n) is 2.24. The highest BCUT2D eigenvalue weighted by Gasteiger charge is 2.03. The SMILES string of the molecule is COc1cc(Sc2cccc(F)c2)ccc1N. The number of nitrogens with two attached hydrogens (primary N) is 1. The summed E-state index contributed by atoms with van der Waals surface area (Å²) in [5.41, 5.74) is 6.32. The van der Waals surface area contributed by atoms with Gasteiger partial charge >= 0.3 is 0 Å². The zero-order valence-electron chi connectivity index (χ0n) is 9.31. The second-order valence-corrected chi connectivity index (χ2v) is 4.61. The molecule has 4 heteroatoms. The van der Waals surface area contributed by atoms with E-state index < -0.39 is 0 Å². The molecule has 0 amide bonds. The summed E-state index contributed by atoms with van der Waals surface area (Å²) < 4.78 is 18.2. The van der Waals surface area contributed by atoms with Gasteiger partial charge in [-0.05, 0) is 36.4 Å². The van der Waals surface area contributed by atoms with Crippen molar-refractivity contribution < 1.29 is 9.13 Å². The van der Waals surface area contributed by atoms with Crippen LogP contribution in [0.25, 0.3) is 0 Å². The second kappa shape index (κ2) is 5.10. The molecular formula is C13H12FNOS. The van der Waals surface area contributed by atoms with E-state index in [1.54, 1.807) is 19.2 Å². The number of ether oxygens (including phenoxy) is 1. The molecule has 0 bridgehead atoms. The number of methoxy groups -OCH3 is 1. The van der Waals surface area contributed by atoms with E-state index in [2.05, 4.69) is 0 Å². The number of anilines is 1. The van der Waals surface area contributed by atoms with Gasteiger partial charge < -0.3 is 10.5 Å². The highest BCUT2D eigenvalue weighted by atomic mass is 32.2. The summed E-state index contributed by atoms with van der Waals surface area (Å²) in [5, 5.41) is 0. The molecule has 17 heavy (non-hydrogen) atoms. The van der Waals surface area contributed by atoms with Crippen molar-refractivity contribution in [2.45, 2.75) is 9.79 Å². The number of nitrogen functional groups attached to an aromatic ring is 1. The molecule has 2 aromatic rings. The average molecular weight is 249 g/mol. The second-order valence-electron chi connectivity index (χ2n) is 3.46. The molecule has 0 aliphatic carbocycles. The lowest BCUT2D eigenvalue weighted by molar-refractivity contribution is 0.416. The van der Waals surface area contributed by atoms with Gasteiger partial charge in [0.15, 0.2) is 0 Å². The van der Waals surface area contributed by atoms with Crippen LogP contribution in [-0.2, 0) is 0 Å². The van der Waals surface area contributed by atoms with Crippen LogP contribution >= 0.6 is 11.8 Å². The van der Waals surface area contributed by atoms with Crippen LogP contribution in [0.1, 0.15) is 0 Å². The van der Waals surface area contributed by atoms with Crippen molar-refractivity contribution >= 4 is 17.4 Å². The van der Waals surface area contributed by atoms with E-state index in [0.29, 0.717) is 11.4 Å². The topological polar surface area (TPSA) is 35.2 Å². The molecule has 0 aliphatic rings. The molecule has 0 heterocycles. The Kier molecular flexibility index (Phi) is 3.54. The van der Waals surface area contributed by atoms with Crippen LogP contribution in [0.5, 0.6) is 5.75 Å². The van der Waals surface area contributed by atoms with Crippen LogP contribution < -0.4 is 10.5 Å². The molecule has 2 N–H and O–H groups in total. The van der Waals surface area contributed by atoms with E-state index in [-0.39, 0.29) is 5.82 Å². The van der Waals surface area contributed by atoms with Gasteiger partial charge in [-0.2, -0.15) is 0 Å². The van der Waals surface area contributed by atoms with Crippen molar-refractivity contribution in [3.8, 4) is 5.75 Å². The molecule has 0 aliphatic heterocycles. The Morgan fingerprint density at radius 1 is 1.12 bits per heavy atom. The van der Waals surface area contributed by atoms with Crippen LogP contribution in [-0.4, -0.2) is 7.11 Å². The van der Waals surface area contributed by atoms with Crippen LogP contribution in [0.4, 0.5) is 10.1 Å². The minimum absolute atomic E-state index is 0.239. The zero-order valence-corrected chi connectivity index (χ0v) is 10.1. The quantitative estimate of drug-likeness (QED) is 0.845. The Morgan fingerprint density at radius 3 is 2.59 bits per heavy atom. The zero-order chi connectivity index (χ0) is 12.3. The number of halogens is 1. The van der Waals surface area contributed by atoms with Gasteiger partial charge in [-0.1, -0.05) is 17.8 Å². The normalized spacial score (nSPS) is 10.2. The minimum Gasteiger partial charge on any atom is -0.495 e. The first-order valence-electron chi connectivity index (χ1n) is 5.06. The van der Waals surface area contributed by atoms with Crippen molar-refractivity contribution in [1.82, 2.24) is 0 Å². The third-order valence-corrected chi connectivity index (χ3v) is 3.22.